The van der Waals surface area contributed by atoms with Gasteiger partial charge in [-0.1, -0.05) is 42.5 Å². The average Bonchev–Trinajstić information content (AvgIpc) is 2.74. The molecule has 0 spiro atoms. The summed E-state index contributed by atoms with van der Waals surface area (Å²) in [6.45, 7) is 0. The van der Waals surface area contributed by atoms with E-state index < -0.39 is 11.9 Å². The lowest BCUT2D eigenvalue weighted by Crippen LogP contribution is -2.14. The van der Waals surface area contributed by atoms with Gasteiger partial charge in [-0.25, -0.2) is 9.59 Å². The van der Waals surface area contributed by atoms with Crippen molar-refractivity contribution in [2.24, 2.45) is 0 Å². The highest BCUT2D eigenvalue weighted by Gasteiger charge is 2.24. The molecule has 0 fully saturated rings. The summed E-state index contributed by atoms with van der Waals surface area (Å²) < 4.78 is 10.7. The van der Waals surface area contributed by atoms with E-state index in [-0.39, 0.29) is 23.1 Å². The van der Waals surface area contributed by atoms with Crippen molar-refractivity contribution in [2.45, 2.75) is 12.8 Å². The molecule has 3 aromatic rings. The Labute approximate surface area is 174 Å². The van der Waals surface area contributed by atoms with Crippen molar-refractivity contribution in [3.8, 4) is 11.5 Å². The highest BCUT2D eigenvalue weighted by Crippen LogP contribution is 2.30. The first-order valence-corrected chi connectivity index (χ1v) is 9.31. The van der Waals surface area contributed by atoms with Crippen LogP contribution < -0.4 is 9.47 Å². The van der Waals surface area contributed by atoms with E-state index in [2.05, 4.69) is 0 Å². The lowest BCUT2D eigenvalue weighted by Gasteiger charge is -2.17. The maximum absolute atomic E-state index is 12.3. The summed E-state index contributed by atoms with van der Waals surface area (Å²) >= 11 is 0. The van der Waals surface area contributed by atoms with Gasteiger partial charge in [0.05, 0.1) is 25.3 Å². The topological polar surface area (TPSA) is 93.1 Å². The number of para-hydroxylation sites is 2. The van der Waals surface area contributed by atoms with Crippen molar-refractivity contribution in [2.75, 3.05) is 14.2 Å². The minimum Gasteiger partial charge on any atom is -0.496 e. The van der Waals surface area contributed by atoms with Gasteiger partial charge in [-0.05, 0) is 40.5 Å². The molecule has 0 aliphatic carbocycles. The molecular formula is C24H22O6. The van der Waals surface area contributed by atoms with Crippen LogP contribution in [-0.4, -0.2) is 36.4 Å². The fraction of sp³-hybridized carbons (Fsp3) is 0.167. The van der Waals surface area contributed by atoms with Gasteiger partial charge < -0.3 is 19.7 Å². The highest BCUT2D eigenvalue weighted by atomic mass is 16.5. The lowest BCUT2D eigenvalue weighted by molar-refractivity contribution is 0.0694. The molecule has 0 aliphatic heterocycles. The monoisotopic (exact) mass is 406 g/mol. The van der Waals surface area contributed by atoms with Gasteiger partial charge in [0.2, 0.25) is 0 Å². The minimum absolute atomic E-state index is 0.00767. The Hall–Kier alpha value is -3.80. The number of hydrogen-bond donors (Lipinski definition) is 2. The van der Waals surface area contributed by atoms with Crippen LogP contribution in [0.3, 0.4) is 0 Å². The van der Waals surface area contributed by atoms with Crippen molar-refractivity contribution in [3.05, 3.63) is 94.0 Å². The van der Waals surface area contributed by atoms with E-state index in [0.717, 1.165) is 5.56 Å². The lowest BCUT2D eigenvalue weighted by atomic mass is 9.88. The SMILES string of the molecule is COc1ccccc1Cc1ccc(C(=O)O)c(Cc2ccccc2OC)c1C(=O)O. The molecule has 0 heterocycles. The van der Waals surface area contributed by atoms with Crippen LogP contribution in [0.4, 0.5) is 0 Å². The Balaban J connectivity index is 2.17. The van der Waals surface area contributed by atoms with Crippen LogP contribution in [0.25, 0.3) is 0 Å². The van der Waals surface area contributed by atoms with Gasteiger partial charge in [-0.15, -0.1) is 0 Å². The zero-order valence-electron chi connectivity index (χ0n) is 16.7. The van der Waals surface area contributed by atoms with Gasteiger partial charge in [-0.3, -0.25) is 0 Å². The molecule has 0 aliphatic rings. The number of benzene rings is 3. The first-order chi connectivity index (χ1) is 14.5. The third-order valence-corrected chi connectivity index (χ3v) is 4.98. The van der Waals surface area contributed by atoms with Gasteiger partial charge >= 0.3 is 11.9 Å². The molecule has 154 valence electrons. The van der Waals surface area contributed by atoms with Crippen molar-refractivity contribution in [1.82, 2.24) is 0 Å². The smallest absolute Gasteiger partial charge is 0.336 e. The van der Waals surface area contributed by atoms with Crippen LogP contribution >= 0.6 is 0 Å². The summed E-state index contributed by atoms with van der Waals surface area (Å²) in [5, 5.41) is 19.7. The number of carboxylic acid groups (broad SMARTS) is 2. The largest absolute Gasteiger partial charge is 0.496 e. The van der Waals surface area contributed by atoms with E-state index in [4.69, 9.17) is 9.47 Å². The molecular weight excluding hydrogens is 384 g/mol. The summed E-state index contributed by atoms with van der Waals surface area (Å²) in [4.78, 5) is 24.1. The number of carboxylic acids is 2. The standard InChI is InChI=1S/C24H22O6/c1-29-20-9-5-3-7-15(20)13-17-11-12-18(23(25)26)19(22(17)24(27)28)14-16-8-4-6-10-21(16)30-2/h3-12H,13-14H2,1-2H3,(H,25,26)(H,27,28). The molecule has 0 atom stereocenters. The molecule has 6 nitrogen and oxygen atoms in total. The third-order valence-electron chi connectivity index (χ3n) is 4.98. The molecule has 6 heteroatoms. The maximum atomic E-state index is 12.3. The van der Waals surface area contributed by atoms with Gasteiger partial charge in [0.15, 0.2) is 0 Å². The Bertz CT molecular complexity index is 1090. The molecule has 0 unspecified atom stereocenters. The Morgan fingerprint density at radius 1 is 0.700 bits per heavy atom. The summed E-state index contributed by atoms with van der Waals surface area (Å²) in [7, 11) is 3.07. The fourth-order valence-corrected chi connectivity index (χ4v) is 3.59. The van der Waals surface area contributed by atoms with Gasteiger partial charge in [0.1, 0.15) is 11.5 Å². The van der Waals surface area contributed by atoms with Crippen LogP contribution in [0.2, 0.25) is 0 Å². The van der Waals surface area contributed by atoms with E-state index in [9.17, 15) is 19.8 Å². The molecule has 0 saturated carbocycles. The molecule has 0 aromatic heterocycles. The Morgan fingerprint density at radius 3 is 1.73 bits per heavy atom. The molecule has 0 amide bonds. The number of ether oxygens (including phenoxy) is 2. The Morgan fingerprint density at radius 2 is 1.23 bits per heavy atom. The van der Waals surface area contributed by atoms with Crippen molar-refractivity contribution >= 4 is 11.9 Å². The van der Waals surface area contributed by atoms with E-state index in [1.165, 1.54) is 13.2 Å². The van der Waals surface area contributed by atoms with Crippen LogP contribution in [0.5, 0.6) is 11.5 Å². The number of methoxy groups -OCH3 is 2. The number of hydrogen-bond acceptors (Lipinski definition) is 4. The van der Waals surface area contributed by atoms with Crippen molar-refractivity contribution in [1.29, 1.82) is 0 Å². The molecule has 3 aromatic carbocycles. The zero-order valence-corrected chi connectivity index (χ0v) is 16.7. The number of rotatable bonds is 8. The number of carbonyl (C=O) groups is 2. The van der Waals surface area contributed by atoms with Crippen molar-refractivity contribution in [3.63, 3.8) is 0 Å². The van der Waals surface area contributed by atoms with E-state index >= 15 is 0 Å². The summed E-state index contributed by atoms with van der Waals surface area (Å²) in [6.07, 6.45) is 0.414. The second-order valence-electron chi connectivity index (χ2n) is 6.71. The fourth-order valence-electron chi connectivity index (χ4n) is 3.59. The van der Waals surface area contributed by atoms with Gasteiger partial charge in [0, 0.05) is 12.8 Å². The van der Waals surface area contributed by atoms with E-state index in [1.807, 2.05) is 18.2 Å². The summed E-state index contributed by atoms with van der Waals surface area (Å²) in [5.74, 6) is -1.14. The molecule has 2 N–H and O–H groups in total. The van der Waals surface area contributed by atoms with E-state index in [1.54, 1.807) is 43.5 Å². The van der Waals surface area contributed by atoms with E-state index in [0.29, 0.717) is 29.0 Å². The van der Waals surface area contributed by atoms with Crippen LogP contribution in [0.1, 0.15) is 43.0 Å². The second kappa shape index (κ2) is 9.13. The second-order valence-corrected chi connectivity index (χ2v) is 6.71. The minimum atomic E-state index is -1.17. The van der Waals surface area contributed by atoms with Crippen LogP contribution in [-0.2, 0) is 12.8 Å². The number of aromatic carboxylic acids is 2. The predicted molar refractivity (Wildman–Crippen MR) is 112 cm³/mol. The van der Waals surface area contributed by atoms with Gasteiger partial charge in [-0.2, -0.15) is 0 Å². The quantitative estimate of drug-likeness (QED) is 0.580. The maximum Gasteiger partial charge on any atom is 0.336 e. The Kier molecular flexibility index (Phi) is 6.37. The summed E-state index contributed by atoms with van der Waals surface area (Å²) in [5.41, 5.74) is 2.23. The average molecular weight is 406 g/mol. The highest BCUT2D eigenvalue weighted by molar-refractivity contribution is 5.98. The molecule has 3 rings (SSSR count). The predicted octanol–water partition coefficient (Wildman–Crippen LogP) is 4.28. The van der Waals surface area contributed by atoms with Gasteiger partial charge in [0.25, 0.3) is 0 Å². The van der Waals surface area contributed by atoms with Crippen LogP contribution in [0, 0.1) is 0 Å². The zero-order chi connectivity index (χ0) is 21.7. The van der Waals surface area contributed by atoms with Crippen molar-refractivity contribution < 1.29 is 29.3 Å². The first-order valence-electron chi connectivity index (χ1n) is 9.31. The summed E-state index contributed by atoms with van der Waals surface area (Å²) in [6, 6.07) is 17.5. The molecule has 0 saturated heterocycles. The van der Waals surface area contributed by atoms with Crippen LogP contribution in [0.15, 0.2) is 60.7 Å². The molecule has 30 heavy (non-hydrogen) atoms. The first kappa shape index (κ1) is 20.9. The molecule has 0 radical (unpaired) electrons. The third kappa shape index (κ3) is 4.27. The normalized spacial score (nSPS) is 10.5. The molecule has 0 bridgehead atoms.